The van der Waals surface area contributed by atoms with Crippen LogP contribution in [0.2, 0.25) is 0 Å². The minimum absolute atomic E-state index is 0.0232. The summed E-state index contributed by atoms with van der Waals surface area (Å²) in [6, 6.07) is 0. The number of hydrogen-bond acceptors (Lipinski definition) is 7. The molecular weight excluding hydrogens is 342 g/mol. The predicted octanol–water partition coefficient (Wildman–Crippen LogP) is 2.92. The van der Waals surface area contributed by atoms with Crippen molar-refractivity contribution < 1.29 is 19.1 Å². The van der Waals surface area contributed by atoms with Gasteiger partial charge in [-0.3, -0.25) is 14.6 Å². The average Bonchev–Trinajstić information content (AvgIpc) is 2.89. The molecule has 0 fully saturated rings. The van der Waals surface area contributed by atoms with Gasteiger partial charge in [-0.05, 0) is 34.1 Å². The number of rotatable bonds is 4. The number of Topliss-reactive ketones (excluding diaryl/α,β-unsaturated/α-hetero) is 2. The van der Waals surface area contributed by atoms with Gasteiger partial charge >= 0.3 is 6.09 Å². The molecule has 1 aliphatic carbocycles. The third-order valence-electron chi connectivity index (χ3n) is 3.45. The molecule has 0 atom stereocenters. The highest BCUT2D eigenvalue weighted by Gasteiger charge is 2.32. The SMILES string of the molecule is Cc1nc2c(s1)C(=O)CC(=NCCCN(C)C(=O)OC(C)(C)C)C2=O. The summed E-state index contributed by atoms with van der Waals surface area (Å²) in [5.41, 5.74) is -0.0600. The number of aromatic nitrogens is 1. The summed E-state index contributed by atoms with van der Waals surface area (Å²) >= 11 is 1.25. The van der Waals surface area contributed by atoms with Crippen LogP contribution < -0.4 is 0 Å². The standard InChI is InChI=1S/C17H23N3O4S/c1-10-19-13-14(22)11(9-12(21)15(13)25-10)18-7-6-8-20(5)16(23)24-17(2,3)4/h6-9H2,1-5H3. The lowest BCUT2D eigenvalue weighted by Crippen LogP contribution is -2.35. The van der Waals surface area contributed by atoms with E-state index in [2.05, 4.69) is 9.98 Å². The van der Waals surface area contributed by atoms with Crippen LogP contribution in [0.5, 0.6) is 0 Å². The molecule has 0 radical (unpaired) electrons. The van der Waals surface area contributed by atoms with Crippen molar-refractivity contribution in [1.29, 1.82) is 0 Å². The molecule has 25 heavy (non-hydrogen) atoms. The molecule has 0 bridgehead atoms. The molecule has 136 valence electrons. The normalized spacial score (nSPS) is 16.1. The fourth-order valence-electron chi connectivity index (χ4n) is 2.30. The van der Waals surface area contributed by atoms with E-state index in [1.165, 1.54) is 16.2 Å². The molecule has 1 aromatic rings. The van der Waals surface area contributed by atoms with E-state index in [1.54, 1.807) is 14.0 Å². The number of hydrogen-bond donors (Lipinski definition) is 0. The van der Waals surface area contributed by atoms with Crippen molar-refractivity contribution >= 4 is 34.7 Å². The zero-order chi connectivity index (χ0) is 18.8. The van der Waals surface area contributed by atoms with Crippen molar-refractivity contribution in [3.05, 3.63) is 15.6 Å². The number of thiazole rings is 1. The van der Waals surface area contributed by atoms with Gasteiger partial charge in [0.05, 0.1) is 17.1 Å². The number of aryl methyl sites for hydroxylation is 1. The molecule has 0 aliphatic heterocycles. The number of nitrogens with zero attached hydrogens (tertiary/aromatic N) is 3. The van der Waals surface area contributed by atoms with Crippen LogP contribution in [0.1, 0.15) is 58.8 Å². The zero-order valence-electron chi connectivity index (χ0n) is 15.2. The van der Waals surface area contributed by atoms with E-state index in [0.717, 1.165) is 0 Å². The molecule has 8 heteroatoms. The van der Waals surface area contributed by atoms with E-state index in [1.807, 2.05) is 20.8 Å². The Balaban J connectivity index is 1.90. The van der Waals surface area contributed by atoms with Crippen molar-refractivity contribution in [2.24, 2.45) is 4.99 Å². The highest BCUT2D eigenvalue weighted by atomic mass is 32.1. The Bertz CT molecular complexity index is 731. The van der Waals surface area contributed by atoms with Gasteiger partial charge in [-0.15, -0.1) is 11.3 Å². The zero-order valence-corrected chi connectivity index (χ0v) is 16.0. The minimum Gasteiger partial charge on any atom is -0.444 e. The lowest BCUT2D eigenvalue weighted by molar-refractivity contribution is 0.0298. The van der Waals surface area contributed by atoms with E-state index in [0.29, 0.717) is 29.4 Å². The first-order valence-corrected chi connectivity index (χ1v) is 8.93. The summed E-state index contributed by atoms with van der Waals surface area (Å²) in [7, 11) is 1.65. The second kappa shape index (κ2) is 7.43. The Morgan fingerprint density at radius 1 is 1.36 bits per heavy atom. The Morgan fingerprint density at radius 3 is 2.68 bits per heavy atom. The highest BCUT2D eigenvalue weighted by Crippen LogP contribution is 2.25. The quantitative estimate of drug-likeness (QED) is 0.766. The Labute approximate surface area is 151 Å². The van der Waals surface area contributed by atoms with E-state index in [4.69, 9.17) is 4.74 Å². The van der Waals surface area contributed by atoms with Crippen LogP contribution in [0.3, 0.4) is 0 Å². The van der Waals surface area contributed by atoms with Gasteiger partial charge in [0.2, 0.25) is 5.78 Å². The van der Waals surface area contributed by atoms with Gasteiger partial charge in [0, 0.05) is 20.1 Å². The maximum atomic E-state index is 12.3. The summed E-state index contributed by atoms with van der Waals surface area (Å²) in [4.78, 5) is 46.6. The van der Waals surface area contributed by atoms with Crippen molar-refractivity contribution in [3.63, 3.8) is 0 Å². The number of fused-ring (bicyclic) bond motifs is 1. The lowest BCUT2D eigenvalue weighted by Gasteiger charge is -2.24. The van der Waals surface area contributed by atoms with Gasteiger partial charge in [-0.2, -0.15) is 0 Å². The number of amides is 1. The molecule has 0 aromatic carbocycles. The van der Waals surface area contributed by atoms with Crippen LogP contribution in [-0.4, -0.2) is 59.0 Å². The van der Waals surface area contributed by atoms with Gasteiger partial charge in [0.25, 0.3) is 0 Å². The Kier molecular flexibility index (Phi) is 5.72. The van der Waals surface area contributed by atoms with Crippen molar-refractivity contribution in [1.82, 2.24) is 9.88 Å². The molecular formula is C17H23N3O4S. The molecule has 1 aromatic heterocycles. The summed E-state index contributed by atoms with van der Waals surface area (Å²) in [5.74, 6) is -0.371. The minimum atomic E-state index is -0.538. The van der Waals surface area contributed by atoms with Crippen LogP contribution in [0, 0.1) is 6.92 Å². The molecule has 0 unspecified atom stereocenters. The first-order chi connectivity index (χ1) is 11.6. The topological polar surface area (TPSA) is 88.9 Å². The summed E-state index contributed by atoms with van der Waals surface area (Å²) < 4.78 is 5.26. The van der Waals surface area contributed by atoms with Gasteiger partial charge < -0.3 is 9.64 Å². The van der Waals surface area contributed by atoms with Crippen molar-refractivity contribution in [2.75, 3.05) is 20.1 Å². The van der Waals surface area contributed by atoms with Crippen LogP contribution in [0.15, 0.2) is 4.99 Å². The van der Waals surface area contributed by atoms with Gasteiger partial charge in [0.1, 0.15) is 16.2 Å². The van der Waals surface area contributed by atoms with Crippen LogP contribution in [0.4, 0.5) is 4.79 Å². The summed E-state index contributed by atoms with van der Waals surface area (Å²) in [6.45, 7) is 8.02. The molecule has 0 saturated carbocycles. The van der Waals surface area contributed by atoms with E-state index in [9.17, 15) is 14.4 Å². The van der Waals surface area contributed by atoms with Gasteiger partial charge in [-0.25, -0.2) is 9.78 Å². The maximum absolute atomic E-state index is 12.3. The molecule has 1 amide bonds. The second-order valence-corrected chi connectivity index (χ2v) is 8.13. The molecule has 0 spiro atoms. The highest BCUT2D eigenvalue weighted by molar-refractivity contribution is 7.14. The van der Waals surface area contributed by atoms with E-state index < -0.39 is 11.7 Å². The maximum Gasteiger partial charge on any atom is 0.410 e. The smallest absolute Gasteiger partial charge is 0.410 e. The third kappa shape index (κ3) is 4.94. The Morgan fingerprint density at radius 2 is 2.04 bits per heavy atom. The summed E-state index contributed by atoms with van der Waals surface area (Å²) in [5, 5.41) is 0.701. The molecule has 0 saturated heterocycles. The van der Waals surface area contributed by atoms with Gasteiger partial charge in [-0.1, -0.05) is 0 Å². The molecule has 0 N–H and O–H groups in total. The molecule has 1 heterocycles. The lowest BCUT2D eigenvalue weighted by atomic mass is 9.98. The van der Waals surface area contributed by atoms with Crippen LogP contribution >= 0.6 is 11.3 Å². The fraction of sp³-hybridized carbons (Fsp3) is 0.588. The fourth-order valence-corrected chi connectivity index (χ4v) is 3.15. The Hall–Kier alpha value is -2.09. The van der Waals surface area contributed by atoms with Crippen molar-refractivity contribution in [2.45, 2.75) is 46.1 Å². The number of ether oxygens (including phenoxy) is 1. The predicted molar refractivity (Wildman–Crippen MR) is 95.9 cm³/mol. The number of carbonyl (C=O) groups excluding carboxylic acids is 3. The first kappa shape index (κ1) is 19.2. The monoisotopic (exact) mass is 365 g/mol. The van der Waals surface area contributed by atoms with E-state index >= 15 is 0 Å². The average molecular weight is 365 g/mol. The third-order valence-corrected chi connectivity index (χ3v) is 4.46. The van der Waals surface area contributed by atoms with E-state index in [-0.39, 0.29) is 29.4 Å². The summed E-state index contributed by atoms with van der Waals surface area (Å²) in [6.07, 6.45) is 0.200. The number of aliphatic imine (C=N–C) groups is 1. The largest absolute Gasteiger partial charge is 0.444 e. The number of carbonyl (C=O) groups is 3. The first-order valence-electron chi connectivity index (χ1n) is 8.11. The molecule has 1 aliphatic rings. The van der Waals surface area contributed by atoms with Gasteiger partial charge in [0.15, 0.2) is 5.78 Å². The number of ketones is 2. The van der Waals surface area contributed by atoms with Crippen LogP contribution in [-0.2, 0) is 4.74 Å². The van der Waals surface area contributed by atoms with Crippen LogP contribution in [0.25, 0.3) is 0 Å². The van der Waals surface area contributed by atoms with Crippen molar-refractivity contribution in [3.8, 4) is 0 Å². The molecule has 7 nitrogen and oxygen atoms in total. The molecule has 2 rings (SSSR count). The second-order valence-electron chi connectivity index (χ2n) is 6.92.